The fourth-order valence-corrected chi connectivity index (χ4v) is 9.27. The molecule has 0 aliphatic carbocycles. The summed E-state index contributed by atoms with van der Waals surface area (Å²) in [6.07, 6.45) is 0. The van der Waals surface area contributed by atoms with Crippen LogP contribution in [0.5, 0.6) is 0 Å². The minimum Gasteiger partial charge on any atom is -0.311 e. The number of anilines is 6. The van der Waals surface area contributed by atoms with Gasteiger partial charge in [-0.1, -0.05) is 170 Å². The van der Waals surface area contributed by atoms with Crippen LogP contribution in [0.3, 0.4) is 0 Å². The second-order valence-corrected chi connectivity index (χ2v) is 15.2. The fraction of sp³-hybridized carbons (Fsp3) is 0. The Kier molecular flexibility index (Phi) is 7.57. The molecule has 6 heteroatoms. The molecule has 0 radical (unpaired) electrons. The van der Waals surface area contributed by atoms with Gasteiger partial charge in [0, 0.05) is 61.6 Å². The molecule has 12 rings (SSSR count). The SMILES string of the molecule is c1ccc(-c2nc(-c3ccccc3)nc(-c3cc4c5c(c3)N(c3ccccc3)c3c(ccc6ccccc36)B5c3ccc5ccccc5c3N4c3ccccc3)n2)cc1. The first-order valence-electron chi connectivity index (χ1n) is 20.1. The Balaban J connectivity index is 1.23. The molecule has 274 valence electrons. The molecule has 0 N–H and O–H groups in total. The Labute approximate surface area is 342 Å². The molecule has 59 heavy (non-hydrogen) atoms. The molecule has 10 aromatic rings. The molecule has 0 fully saturated rings. The standard InChI is InChI=1S/C53H34BN5/c1-5-19-37(20-6-1)51-55-52(38-21-7-2-8-22-38)57-53(56-51)39-33-46-48-47(34-39)59(41-25-11-4-12-26-41)50-43-28-16-14-18-36(43)30-32-45(50)54(48)44-31-29-35-17-13-15-27-42(35)49(44)58(46)40-23-9-3-10-24-40/h1-34H. The molecular formula is C53H34BN5. The molecule has 0 bridgehead atoms. The minimum absolute atomic E-state index is 0.0497. The van der Waals surface area contributed by atoms with E-state index in [0.29, 0.717) is 17.5 Å². The second-order valence-electron chi connectivity index (χ2n) is 15.2. The average Bonchev–Trinajstić information content (AvgIpc) is 3.32. The van der Waals surface area contributed by atoms with Crippen LogP contribution in [0.1, 0.15) is 0 Å². The lowest BCUT2D eigenvalue weighted by Crippen LogP contribution is -2.61. The van der Waals surface area contributed by atoms with Gasteiger partial charge in [0.05, 0.1) is 0 Å². The Morgan fingerprint density at radius 1 is 0.339 bits per heavy atom. The van der Waals surface area contributed by atoms with Gasteiger partial charge in [-0.05, 0) is 63.6 Å². The van der Waals surface area contributed by atoms with Crippen LogP contribution in [0.15, 0.2) is 206 Å². The second kappa shape index (κ2) is 13.4. The quantitative estimate of drug-likeness (QED) is 0.164. The molecule has 1 aromatic heterocycles. The van der Waals surface area contributed by atoms with Crippen molar-refractivity contribution >= 4 is 78.8 Å². The first-order chi connectivity index (χ1) is 29.3. The highest BCUT2D eigenvalue weighted by molar-refractivity contribution is 7.00. The van der Waals surface area contributed by atoms with E-state index in [1.165, 1.54) is 49.3 Å². The highest BCUT2D eigenvalue weighted by Gasteiger charge is 2.44. The van der Waals surface area contributed by atoms with Crippen LogP contribution in [-0.4, -0.2) is 21.7 Å². The number of hydrogen-bond donors (Lipinski definition) is 0. The largest absolute Gasteiger partial charge is 0.311 e. The average molecular weight is 752 g/mol. The first kappa shape index (κ1) is 33.3. The number of nitrogens with zero attached hydrogens (tertiary/aromatic N) is 5. The van der Waals surface area contributed by atoms with E-state index in [-0.39, 0.29) is 6.71 Å². The van der Waals surface area contributed by atoms with E-state index in [0.717, 1.165) is 39.4 Å². The predicted molar refractivity (Wildman–Crippen MR) is 245 cm³/mol. The normalized spacial score (nSPS) is 12.6. The van der Waals surface area contributed by atoms with Crippen LogP contribution in [0.25, 0.3) is 55.7 Å². The third kappa shape index (κ3) is 5.30. The van der Waals surface area contributed by atoms with Gasteiger partial charge >= 0.3 is 0 Å². The number of fused-ring (bicyclic) bond motifs is 8. The Bertz CT molecular complexity index is 3020. The van der Waals surface area contributed by atoms with Crippen LogP contribution in [0.2, 0.25) is 0 Å². The summed E-state index contributed by atoms with van der Waals surface area (Å²) in [5.41, 5.74) is 13.3. The van der Waals surface area contributed by atoms with Gasteiger partial charge in [-0.3, -0.25) is 0 Å². The summed E-state index contributed by atoms with van der Waals surface area (Å²) in [5, 5.41) is 4.81. The molecular weight excluding hydrogens is 717 g/mol. The summed E-state index contributed by atoms with van der Waals surface area (Å²) in [6.45, 7) is -0.0497. The van der Waals surface area contributed by atoms with Crippen molar-refractivity contribution in [1.82, 2.24) is 15.0 Å². The van der Waals surface area contributed by atoms with Gasteiger partial charge < -0.3 is 9.80 Å². The number of hydrogen-bond acceptors (Lipinski definition) is 5. The van der Waals surface area contributed by atoms with E-state index in [4.69, 9.17) is 15.0 Å². The molecule has 0 saturated carbocycles. The predicted octanol–water partition coefficient (Wildman–Crippen LogP) is 11.3. The van der Waals surface area contributed by atoms with E-state index in [1.807, 2.05) is 36.4 Å². The summed E-state index contributed by atoms with van der Waals surface area (Å²) in [5.74, 6) is 1.87. The zero-order valence-electron chi connectivity index (χ0n) is 31.9. The zero-order valence-corrected chi connectivity index (χ0v) is 31.9. The van der Waals surface area contributed by atoms with Gasteiger partial charge in [-0.2, -0.15) is 0 Å². The Morgan fingerprint density at radius 3 is 1.15 bits per heavy atom. The molecule has 2 aliphatic rings. The van der Waals surface area contributed by atoms with Crippen molar-refractivity contribution in [3.63, 3.8) is 0 Å². The van der Waals surface area contributed by atoms with E-state index < -0.39 is 0 Å². The number of para-hydroxylation sites is 2. The zero-order chi connectivity index (χ0) is 38.9. The summed E-state index contributed by atoms with van der Waals surface area (Å²) in [4.78, 5) is 20.6. The lowest BCUT2D eigenvalue weighted by atomic mass is 9.33. The van der Waals surface area contributed by atoms with Crippen molar-refractivity contribution in [3.05, 3.63) is 206 Å². The highest BCUT2D eigenvalue weighted by Crippen LogP contribution is 2.48. The van der Waals surface area contributed by atoms with Crippen LogP contribution < -0.4 is 26.2 Å². The maximum Gasteiger partial charge on any atom is 0.252 e. The summed E-state index contributed by atoms with van der Waals surface area (Å²) >= 11 is 0. The van der Waals surface area contributed by atoms with Crippen LogP contribution >= 0.6 is 0 Å². The van der Waals surface area contributed by atoms with Gasteiger partial charge in [0.25, 0.3) is 6.71 Å². The van der Waals surface area contributed by atoms with Crippen molar-refractivity contribution in [2.24, 2.45) is 0 Å². The van der Waals surface area contributed by atoms with Gasteiger partial charge in [0.2, 0.25) is 0 Å². The van der Waals surface area contributed by atoms with Gasteiger partial charge in [0.15, 0.2) is 17.5 Å². The number of benzene rings is 9. The molecule has 0 unspecified atom stereocenters. The van der Waals surface area contributed by atoms with Crippen molar-refractivity contribution in [2.75, 3.05) is 9.80 Å². The minimum atomic E-state index is -0.0497. The van der Waals surface area contributed by atoms with Crippen molar-refractivity contribution < 1.29 is 0 Å². The molecule has 3 heterocycles. The maximum atomic E-state index is 5.29. The molecule has 0 spiro atoms. The Morgan fingerprint density at radius 2 is 0.712 bits per heavy atom. The summed E-state index contributed by atoms with van der Waals surface area (Å²) < 4.78 is 0. The van der Waals surface area contributed by atoms with E-state index in [2.05, 4.69) is 180 Å². The molecule has 0 amide bonds. The fourth-order valence-electron chi connectivity index (χ4n) is 9.27. The third-order valence-corrected chi connectivity index (χ3v) is 11.8. The first-order valence-corrected chi connectivity index (χ1v) is 20.1. The van der Waals surface area contributed by atoms with Gasteiger partial charge in [0.1, 0.15) is 0 Å². The smallest absolute Gasteiger partial charge is 0.252 e. The van der Waals surface area contributed by atoms with Gasteiger partial charge in [-0.25, -0.2) is 15.0 Å². The monoisotopic (exact) mass is 751 g/mol. The number of aromatic nitrogens is 3. The van der Waals surface area contributed by atoms with Crippen molar-refractivity contribution in [1.29, 1.82) is 0 Å². The Hall–Kier alpha value is -7.83. The summed E-state index contributed by atoms with van der Waals surface area (Å²) in [7, 11) is 0. The van der Waals surface area contributed by atoms with Gasteiger partial charge in [-0.15, -0.1) is 0 Å². The van der Waals surface area contributed by atoms with Crippen molar-refractivity contribution in [3.8, 4) is 34.2 Å². The molecule has 0 saturated heterocycles. The van der Waals surface area contributed by atoms with Crippen molar-refractivity contribution in [2.45, 2.75) is 0 Å². The van der Waals surface area contributed by atoms with E-state index >= 15 is 0 Å². The highest BCUT2D eigenvalue weighted by atomic mass is 15.2. The third-order valence-electron chi connectivity index (χ3n) is 11.8. The van der Waals surface area contributed by atoms with E-state index in [9.17, 15) is 0 Å². The van der Waals surface area contributed by atoms with Crippen LogP contribution in [-0.2, 0) is 0 Å². The van der Waals surface area contributed by atoms with Crippen LogP contribution in [0, 0.1) is 0 Å². The molecule has 9 aromatic carbocycles. The number of rotatable bonds is 5. The summed E-state index contributed by atoms with van der Waals surface area (Å²) in [6, 6.07) is 73.5. The lowest BCUT2D eigenvalue weighted by Gasteiger charge is -2.45. The lowest BCUT2D eigenvalue weighted by molar-refractivity contribution is 1.07. The van der Waals surface area contributed by atoms with E-state index in [1.54, 1.807) is 0 Å². The molecule has 0 atom stereocenters. The topological polar surface area (TPSA) is 45.2 Å². The maximum absolute atomic E-state index is 5.29. The molecule has 5 nitrogen and oxygen atoms in total. The van der Waals surface area contributed by atoms with Crippen LogP contribution in [0.4, 0.5) is 34.1 Å². The molecule has 2 aliphatic heterocycles.